The molecule has 0 rings (SSSR count). The number of rotatable bonds is 5. The molecule has 4 nitrogen and oxygen atoms in total. The van der Waals surface area contributed by atoms with Crippen LogP contribution in [0, 0.1) is 0 Å². The lowest BCUT2D eigenvalue weighted by Gasteiger charge is -1.95. The molecule has 0 amide bonds. The molecule has 0 aliphatic carbocycles. The molecule has 0 fully saturated rings. The van der Waals surface area contributed by atoms with Crippen molar-refractivity contribution in [1.29, 1.82) is 0 Å². The lowest BCUT2D eigenvalue weighted by atomic mass is 10.4. The van der Waals surface area contributed by atoms with Crippen molar-refractivity contribution in [2.24, 2.45) is 0 Å². The highest BCUT2D eigenvalue weighted by molar-refractivity contribution is 8.23. The van der Waals surface area contributed by atoms with Crippen molar-refractivity contribution in [2.45, 2.75) is 19.8 Å². The zero-order valence-electron chi connectivity index (χ0n) is 6.69. The van der Waals surface area contributed by atoms with Crippen LogP contribution in [-0.2, 0) is 13.7 Å². The molecule has 0 aromatic carbocycles. The van der Waals surface area contributed by atoms with Crippen molar-refractivity contribution in [2.75, 3.05) is 13.3 Å². The van der Waals surface area contributed by atoms with Crippen molar-refractivity contribution < 1.29 is 18.5 Å². The molecule has 66 valence electrons. The second kappa shape index (κ2) is 5.00. The first-order chi connectivity index (χ1) is 5.04. The Labute approximate surface area is 67.2 Å². The molecule has 0 aromatic rings. The van der Waals surface area contributed by atoms with Crippen LogP contribution in [-0.4, -0.2) is 18.2 Å². The van der Waals surface area contributed by atoms with E-state index in [1.165, 1.54) is 7.11 Å². The topological polar surface area (TPSA) is 63.6 Å². The molecule has 1 N–H and O–H groups in total. The Kier molecular flexibility index (Phi) is 5.11. The normalized spacial score (nSPS) is 17.5. The standard InChI is InChI=1S/C5H12O4P2/c1-3-4-5-11(7,8)10(6)9-2/h3-5H2,1-2H3/p+1. The first kappa shape index (κ1) is 11.2. The Hall–Kier alpha value is 0.250. The maximum atomic E-state index is 11.1. The molecular formula is C5H13O4P2+. The minimum absolute atomic E-state index is 0.0898. The van der Waals surface area contributed by atoms with Crippen LogP contribution in [0.3, 0.4) is 0 Å². The first-order valence-electron chi connectivity index (χ1n) is 3.38. The van der Waals surface area contributed by atoms with Gasteiger partial charge >= 0.3 is 14.8 Å². The predicted octanol–water partition coefficient (Wildman–Crippen LogP) is 2.36. The summed E-state index contributed by atoms with van der Waals surface area (Å²) in [5.41, 5.74) is 0. The smallest absolute Gasteiger partial charge is 0.307 e. The van der Waals surface area contributed by atoms with Crippen LogP contribution in [0.1, 0.15) is 19.8 Å². The molecule has 11 heavy (non-hydrogen) atoms. The monoisotopic (exact) mass is 199 g/mol. The summed E-state index contributed by atoms with van der Waals surface area (Å²) in [5, 5.41) is 0. The van der Waals surface area contributed by atoms with Crippen LogP contribution < -0.4 is 0 Å². The summed E-state index contributed by atoms with van der Waals surface area (Å²) in [4.78, 5) is 9.06. The maximum Gasteiger partial charge on any atom is 0.589 e. The van der Waals surface area contributed by atoms with Gasteiger partial charge in [-0.25, -0.2) is 4.57 Å². The molecule has 0 heterocycles. The molecule has 0 radical (unpaired) electrons. The van der Waals surface area contributed by atoms with Crippen LogP contribution >= 0.6 is 14.8 Å². The van der Waals surface area contributed by atoms with E-state index in [0.29, 0.717) is 6.42 Å². The largest absolute Gasteiger partial charge is 0.589 e. The van der Waals surface area contributed by atoms with Crippen molar-refractivity contribution in [3.05, 3.63) is 0 Å². The van der Waals surface area contributed by atoms with Gasteiger partial charge in [-0.1, -0.05) is 13.3 Å². The molecule has 0 saturated heterocycles. The van der Waals surface area contributed by atoms with Gasteiger partial charge in [0.2, 0.25) is 0 Å². The minimum Gasteiger partial charge on any atom is -0.307 e. The van der Waals surface area contributed by atoms with Crippen LogP contribution in [0.15, 0.2) is 0 Å². The summed E-state index contributed by atoms with van der Waals surface area (Å²) in [5.74, 6) is 0. The van der Waals surface area contributed by atoms with E-state index in [1.807, 2.05) is 6.92 Å². The lowest BCUT2D eigenvalue weighted by Crippen LogP contribution is -1.84. The predicted molar refractivity (Wildman–Crippen MR) is 44.2 cm³/mol. The van der Waals surface area contributed by atoms with Crippen LogP contribution in [0.4, 0.5) is 0 Å². The van der Waals surface area contributed by atoms with E-state index in [0.717, 1.165) is 6.42 Å². The van der Waals surface area contributed by atoms with Crippen LogP contribution in [0.25, 0.3) is 0 Å². The van der Waals surface area contributed by atoms with Gasteiger partial charge in [0.05, 0.1) is 13.3 Å². The molecule has 0 aromatic heterocycles. The summed E-state index contributed by atoms with van der Waals surface area (Å²) in [6, 6.07) is 0. The summed E-state index contributed by atoms with van der Waals surface area (Å²) in [6.45, 7) is 1.90. The van der Waals surface area contributed by atoms with Crippen molar-refractivity contribution in [3.63, 3.8) is 0 Å². The van der Waals surface area contributed by atoms with Gasteiger partial charge in [-0.05, 0) is 11.0 Å². The lowest BCUT2D eigenvalue weighted by molar-refractivity contribution is 0.413. The Balaban J connectivity index is 4.00. The van der Waals surface area contributed by atoms with Gasteiger partial charge in [0.25, 0.3) is 0 Å². The van der Waals surface area contributed by atoms with Gasteiger partial charge in [-0.3, -0.25) is 0 Å². The Morgan fingerprint density at radius 3 is 2.55 bits per heavy atom. The van der Waals surface area contributed by atoms with Gasteiger partial charge in [-0.15, -0.1) is 4.52 Å². The molecule has 6 heteroatoms. The second-order valence-corrected chi connectivity index (χ2v) is 7.63. The highest BCUT2D eigenvalue weighted by Gasteiger charge is 2.42. The number of unbranched alkanes of at least 4 members (excludes halogenated alkanes) is 1. The molecular weight excluding hydrogens is 186 g/mol. The average molecular weight is 199 g/mol. The van der Waals surface area contributed by atoms with E-state index < -0.39 is 14.8 Å². The third-order valence-corrected chi connectivity index (χ3v) is 5.56. The quantitative estimate of drug-likeness (QED) is 0.690. The van der Waals surface area contributed by atoms with E-state index >= 15 is 0 Å². The van der Waals surface area contributed by atoms with E-state index in [-0.39, 0.29) is 6.16 Å². The van der Waals surface area contributed by atoms with Crippen molar-refractivity contribution in [3.8, 4) is 0 Å². The van der Waals surface area contributed by atoms with Crippen LogP contribution in [0.5, 0.6) is 0 Å². The summed E-state index contributed by atoms with van der Waals surface area (Å²) < 4.78 is 26.1. The molecule has 0 aliphatic heterocycles. The van der Waals surface area contributed by atoms with Gasteiger partial charge in [-0.2, -0.15) is 0 Å². The fourth-order valence-corrected chi connectivity index (χ4v) is 3.40. The Morgan fingerprint density at radius 2 is 2.18 bits per heavy atom. The van der Waals surface area contributed by atoms with E-state index in [1.54, 1.807) is 0 Å². The third-order valence-electron chi connectivity index (χ3n) is 1.21. The Morgan fingerprint density at radius 1 is 1.64 bits per heavy atom. The molecule has 0 aliphatic rings. The molecule has 0 saturated carbocycles. The maximum absolute atomic E-state index is 11.1. The fourth-order valence-electron chi connectivity index (χ4n) is 0.573. The van der Waals surface area contributed by atoms with E-state index in [4.69, 9.17) is 4.89 Å². The summed E-state index contributed by atoms with van der Waals surface area (Å²) in [7, 11) is -4.71. The SMILES string of the molecule is CCCCP(=O)(O)[P+](=O)OC. The number of hydrogen-bond acceptors (Lipinski definition) is 3. The van der Waals surface area contributed by atoms with E-state index in [2.05, 4.69) is 4.52 Å². The molecule has 2 atom stereocenters. The van der Waals surface area contributed by atoms with Gasteiger partial charge in [0.15, 0.2) is 0 Å². The summed E-state index contributed by atoms with van der Waals surface area (Å²) in [6.07, 6.45) is 1.52. The van der Waals surface area contributed by atoms with Crippen molar-refractivity contribution >= 4 is 14.8 Å². The molecule has 2 unspecified atom stereocenters. The average Bonchev–Trinajstić information content (AvgIpc) is 1.99. The van der Waals surface area contributed by atoms with Crippen molar-refractivity contribution in [1.82, 2.24) is 0 Å². The zero-order chi connectivity index (χ0) is 8.91. The third kappa shape index (κ3) is 3.97. The first-order valence-corrected chi connectivity index (χ1v) is 7.11. The number of hydrogen-bond donors (Lipinski definition) is 1. The minimum atomic E-state index is -3.51. The highest BCUT2D eigenvalue weighted by atomic mass is 32.1. The van der Waals surface area contributed by atoms with Crippen LogP contribution in [0.2, 0.25) is 0 Å². The highest BCUT2D eigenvalue weighted by Crippen LogP contribution is 2.65. The van der Waals surface area contributed by atoms with Gasteiger partial charge < -0.3 is 4.89 Å². The second-order valence-electron chi connectivity index (χ2n) is 2.16. The Bertz CT molecular complexity index is 179. The van der Waals surface area contributed by atoms with Gasteiger partial charge in [0, 0.05) is 0 Å². The molecule has 0 bridgehead atoms. The van der Waals surface area contributed by atoms with E-state index in [9.17, 15) is 9.13 Å². The zero-order valence-corrected chi connectivity index (χ0v) is 8.48. The summed E-state index contributed by atoms with van der Waals surface area (Å²) >= 11 is 0. The fraction of sp³-hybridized carbons (Fsp3) is 1.00. The van der Waals surface area contributed by atoms with Gasteiger partial charge in [0.1, 0.15) is 0 Å². The molecule has 0 spiro atoms.